The number of carbonyl (C=O) groups excluding carboxylic acids is 1. The van der Waals surface area contributed by atoms with E-state index in [0.29, 0.717) is 17.0 Å². The molecule has 0 unspecified atom stereocenters. The molecule has 0 fully saturated rings. The molecule has 1 heterocycles. The summed E-state index contributed by atoms with van der Waals surface area (Å²) in [5.74, 6) is 0.394. The summed E-state index contributed by atoms with van der Waals surface area (Å²) in [5, 5.41) is 5.82. The minimum atomic E-state index is -0.230. The average molecular weight is 271 g/mol. The Morgan fingerprint density at radius 1 is 1.25 bits per heavy atom. The monoisotopic (exact) mass is 271 g/mol. The van der Waals surface area contributed by atoms with Crippen molar-refractivity contribution in [3.8, 4) is 5.75 Å². The molecular weight excluding hydrogens is 254 g/mol. The zero-order valence-corrected chi connectivity index (χ0v) is 11.7. The fraction of sp³-hybridized carbons (Fsp3) is 0.200. The minimum absolute atomic E-state index is 0.230. The summed E-state index contributed by atoms with van der Waals surface area (Å²) in [6.45, 7) is 1.96. The molecule has 5 nitrogen and oxygen atoms in total. The molecule has 0 aliphatic carbocycles. The number of anilines is 2. The predicted octanol–water partition coefficient (Wildman–Crippen LogP) is 2.69. The van der Waals surface area contributed by atoms with Gasteiger partial charge < -0.3 is 15.4 Å². The van der Waals surface area contributed by atoms with E-state index < -0.39 is 0 Å². The van der Waals surface area contributed by atoms with Crippen molar-refractivity contribution in [2.45, 2.75) is 6.92 Å². The zero-order chi connectivity index (χ0) is 14.5. The van der Waals surface area contributed by atoms with Crippen molar-refractivity contribution in [2.24, 2.45) is 0 Å². The normalized spacial score (nSPS) is 9.95. The van der Waals surface area contributed by atoms with E-state index in [1.807, 2.05) is 25.1 Å². The van der Waals surface area contributed by atoms with Gasteiger partial charge in [-0.05, 0) is 30.7 Å². The van der Waals surface area contributed by atoms with Gasteiger partial charge in [0, 0.05) is 25.1 Å². The number of hydrogen-bond acceptors (Lipinski definition) is 4. The van der Waals surface area contributed by atoms with Gasteiger partial charge in [-0.15, -0.1) is 0 Å². The third-order valence-corrected chi connectivity index (χ3v) is 2.94. The Labute approximate surface area is 118 Å². The Morgan fingerprint density at radius 3 is 2.75 bits per heavy atom. The van der Waals surface area contributed by atoms with Crippen molar-refractivity contribution in [3.63, 3.8) is 0 Å². The largest absolute Gasteiger partial charge is 0.495 e. The Kier molecular flexibility index (Phi) is 4.20. The van der Waals surface area contributed by atoms with Crippen LogP contribution in [0.2, 0.25) is 0 Å². The summed E-state index contributed by atoms with van der Waals surface area (Å²) in [5.41, 5.74) is 2.90. The highest BCUT2D eigenvalue weighted by molar-refractivity contribution is 6.08. The van der Waals surface area contributed by atoms with Crippen LogP contribution < -0.4 is 15.4 Å². The number of nitrogens with one attached hydrogen (secondary N) is 2. The summed E-state index contributed by atoms with van der Waals surface area (Å²) in [6.07, 6.45) is 3.17. The van der Waals surface area contributed by atoms with Crippen LogP contribution in [-0.2, 0) is 0 Å². The molecule has 5 heteroatoms. The minimum Gasteiger partial charge on any atom is -0.495 e. The van der Waals surface area contributed by atoms with E-state index in [-0.39, 0.29) is 5.91 Å². The summed E-state index contributed by atoms with van der Waals surface area (Å²) >= 11 is 0. The van der Waals surface area contributed by atoms with Crippen LogP contribution in [0.4, 0.5) is 11.4 Å². The Hall–Kier alpha value is -2.56. The maximum atomic E-state index is 12.3. The van der Waals surface area contributed by atoms with Gasteiger partial charge in [0.1, 0.15) is 5.75 Å². The topological polar surface area (TPSA) is 63.2 Å². The number of nitrogens with zero attached hydrogens (tertiary/aromatic N) is 1. The van der Waals surface area contributed by atoms with E-state index in [4.69, 9.17) is 4.74 Å². The molecule has 0 saturated carbocycles. The zero-order valence-electron chi connectivity index (χ0n) is 11.7. The van der Waals surface area contributed by atoms with E-state index >= 15 is 0 Å². The molecule has 0 atom stereocenters. The van der Waals surface area contributed by atoms with Gasteiger partial charge in [-0.2, -0.15) is 0 Å². The van der Waals surface area contributed by atoms with Crippen LogP contribution in [0.5, 0.6) is 5.75 Å². The summed E-state index contributed by atoms with van der Waals surface area (Å²) in [7, 11) is 3.34. The quantitative estimate of drug-likeness (QED) is 0.897. The molecule has 1 aromatic carbocycles. The Bertz CT molecular complexity index is 626. The number of aromatic nitrogens is 1. The highest BCUT2D eigenvalue weighted by atomic mass is 16.5. The van der Waals surface area contributed by atoms with E-state index in [1.54, 1.807) is 26.4 Å². The van der Waals surface area contributed by atoms with E-state index in [0.717, 1.165) is 11.3 Å². The van der Waals surface area contributed by atoms with Crippen molar-refractivity contribution in [1.29, 1.82) is 0 Å². The third-order valence-electron chi connectivity index (χ3n) is 2.94. The van der Waals surface area contributed by atoms with E-state index in [9.17, 15) is 4.79 Å². The van der Waals surface area contributed by atoms with Gasteiger partial charge in [0.25, 0.3) is 5.91 Å². The third kappa shape index (κ3) is 2.88. The molecular formula is C15H17N3O2. The highest BCUT2D eigenvalue weighted by Gasteiger charge is 2.13. The molecule has 2 N–H and O–H groups in total. The van der Waals surface area contributed by atoms with Crippen LogP contribution in [0.3, 0.4) is 0 Å². The lowest BCUT2D eigenvalue weighted by Crippen LogP contribution is -2.15. The van der Waals surface area contributed by atoms with Crippen LogP contribution in [0.25, 0.3) is 0 Å². The smallest absolute Gasteiger partial charge is 0.259 e. The van der Waals surface area contributed by atoms with Crippen molar-refractivity contribution in [2.75, 3.05) is 24.8 Å². The van der Waals surface area contributed by atoms with Crippen molar-refractivity contribution in [3.05, 3.63) is 47.8 Å². The van der Waals surface area contributed by atoms with Crippen molar-refractivity contribution in [1.82, 2.24) is 4.98 Å². The predicted molar refractivity (Wildman–Crippen MR) is 79.5 cm³/mol. The number of aryl methyl sites for hydroxylation is 1. The van der Waals surface area contributed by atoms with Gasteiger partial charge in [0.05, 0.1) is 18.4 Å². The summed E-state index contributed by atoms with van der Waals surface area (Å²) < 4.78 is 5.25. The van der Waals surface area contributed by atoms with Gasteiger partial charge in [-0.3, -0.25) is 9.78 Å². The van der Waals surface area contributed by atoms with E-state index in [2.05, 4.69) is 15.6 Å². The fourth-order valence-corrected chi connectivity index (χ4v) is 1.90. The molecule has 104 valence electrons. The molecule has 1 amide bonds. The highest BCUT2D eigenvalue weighted by Crippen LogP contribution is 2.26. The molecule has 20 heavy (non-hydrogen) atoms. The fourth-order valence-electron chi connectivity index (χ4n) is 1.90. The first-order valence-corrected chi connectivity index (χ1v) is 6.23. The summed E-state index contributed by atoms with van der Waals surface area (Å²) in [6, 6.07) is 7.37. The van der Waals surface area contributed by atoms with Gasteiger partial charge in [0.2, 0.25) is 0 Å². The number of carbonyl (C=O) groups is 1. The van der Waals surface area contributed by atoms with Crippen LogP contribution in [0, 0.1) is 6.92 Å². The van der Waals surface area contributed by atoms with Crippen LogP contribution in [0.1, 0.15) is 15.9 Å². The first-order valence-electron chi connectivity index (χ1n) is 6.23. The number of benzene rings is 1. The van der Waals surface area contributed by atoms with Crippen molar-refractivity contribution < 1.29 is 9.53 Å². The van der Waals surface area contributed by atoms with E-state index in [1.165, 1.54) is 6.20 Å². The number of ether oxygens (including phenoxy) is 1. The maximum Gasteiger partial charge on any atom is 0.259 e. The van der Waals surface area contributed by atoms with Crippen LogP contribution in [-0.4, -0.2) is 25.0 Å². The number of amides is 1. The Morgan fingerprint density at radius 2 is 2.05 bits per heavy atom. The van der Waals surface area contributed by atoms with Gasteiger partial charge in [-0.25, -0.2) is 0 Å². The average Bonchev–Trinajstić information content (AvgIpc) is 2.47. The number of rotatable bonds is 4. The lowest BCUT2D eigenvalue weighted by Gasteiger charge is -2.12. The molecule has 0 spiro atoms. The molecule has 0 radical (unpaired) electrons. The molecule has 2 rings (SSSR count). The molecule has 0 aliphatic heterocycles. The van der Waals surface area contributed by atoms with Crippen LogP contribution in [0.15, 0.2) is 36.7 Å². The molecule has 1 aromatic heterocycles. The first kappa shape index (κ1) is 13.9. The lowest BCUT2D eigenvalue weighted by molar-refractivity contribution is 0.102. The molecule has 0 saturated heterocycles. The summed E-state index contributed by atoms with van der Waals surface area (Å²) in [4.78, 5) is 16.3. The second kappa shape index (κ2) is 6.06. The SMILES string of the molecule is CNc1ccncc1C(=O)Nc1cc(C)ccc1OC. The number of methoxy groups -OCH3 is 1. The second-order valence-corrected chi connectivity index (χ2v) is 4.33. The second-order valence-electron chi connectivity index (χ2n) is 4.33. The van der Waals surface area contributed by atoms with Gasteiger partial charge in [-0.1, -0.05) is 6.07 Å². The van der Waals surface area contributed by atoms with Gasteiger partial charge in [0.15, 0.2) is 0 Å². The number of pyridine rings is 1. The molecule has 0 bridgehead atoms. The Balaban J connectivity index is 2.30. The number of hydrogen-bond donors (Lipinski definition) is 2. The standard InChI is InChI=1S/C15H17N3O2/c1-10-4-5-14(20-3)13(8-10)18-15(19)11-9-17-7-6-12(11)16-2/h4-9H,1-3H3,(H,16,17)(H,18,19). The molecule has 0 aliphatic rings. The molecule has 2 aromatic rings. The maximum absolute atomic E-state index is 12.3. The van der Waals surface area contributed by atoms with Gasteiger partial charge >= 0.3 is 0 Å². The van der Waals surface area contributed by atoms with Crippen LogP contribution >= 0.6 is 0 Å². The first-order chi connectivity index (χ1) is 9.65. The lowest BCUT2D eigenvalue weighted by atomic mass is 10.2. The van der Waals surface area contributed by atoms with Crippen molar-refractivity contribution >= 4 is 17.3 Å².